The standard InChI is InChI=1S/C20H19N5O/c21-17-8-10-25-18-15(17)2-1-3-16(18)20(26)23-19(25)13-4-6-14(7-5-13)24-11-9-22-12-24/h1-7,9,11-12,17,19H,8,10,21H2,(H,23,26)/t17-,19-/m1/s1. The Hall–Kier alpha value is -3.12. The van der Waals surface area contributed by atoms with E-state index in [1.54, 1.807) is 12.5 Å². The molecule has 0 unspecified atom stereocenters. The van der Waals surface area contributed by atoms with E-state index in [-0.39, 0.29) is 18.1 Å². The summed E-state index contributed by atoms with van der Waals surface area (Å²) in [5, 5.41) is 3.15. The lowest BCUT2D eigenvalue weighted by atomic mass is 9.90. The van der Waals surface area contributed by atoms with Crippen molar-refractivity contribution < 1.29 is 4.79 Å². The van der Waals surface area contributed by atoms with Gasteiger partial charge in [0.05, 0.1) is 17.6 Å². The van der Waals surface area contributed by atoms with Crippen molar-refractivity contribution in [3.63, 3.8) is 0 Å². The number of carbonyl (C=O) groups excluding carboxylic acids is 1. The molecule has 1 amide bonds. The molecule has 6 nitrogen and oxygen atoms in total. The maximum atomic E-state index is 12.7. The van der Waals surface area contributed by atoms with Gasteiger partial charge in [0.25, 0.3) is 5.91 Å². The highest BCUT2D eigenvalue weighted by molar-refractivity contribution is 6.03. The number of para-hydroxylation sites is 1. The van der Waals surface area contributed by atoms with E-state index in [0.29, 0.717) is 5.56 Å². The second-order valence-electron chi connectivity index (χ2n) is 6.77. The van der Waals surface area contributed by atoms with E-state index in [9.17, 15) is 4.79 Å². The van der Waals surface area contributed by atoms with Crippen LogP contribution in [0.3, 0.4) is 0 Å². The van der Waals surface area contributed by atoms with Crippen LogP contribution in [0, 0.1) is 0 Å². The van der Waals surface area contributed by atoms with Crippen molar-refractivity contribution in [2.45, 2.75) is 18.6 Å². The second-order valence-corrected chi connectivity index (χ2v) is 6.77. The Morgan fingerprint density at radius 3 is 2.77 bits per heavy atom. The quantitative estimate of drug-likeness (QED) is 0.748. The molecule has 2 aliphatic rings. The maximum Gasteiger partial charge on any atom is 0.255 e. The van der Waals surface area contributed by atoms with E-state index in [2.05, 4.69) is 27.3 Å². The van der Waals surface area contributed by atoms with Gasteiger partial charge in [0.1, 0.15) is 6.17 Å². The summed E-state index contributed by atoms with van der Waals surface area (Å²) in [6, 6.07) is 14.0. The average Bonchev–Trinajstić information content (AvgIpc) is 3.21. The Labute approximate surface area is 151 Å². The Kier molecular flexibility index (Phi) is 3.33. The lowest BCUT2D eigenvalue weighted by molar-refractivity contribution is 0.0925. The average molecular weight is 345 g/mol. The molecule has 3 heterocycles. The monoisotopic (exact) mass is 345 g/mol. The molecule has 0 bridgehead atoms. The second kappa shape index (κ2) is 5.71. The van der Waals surface area contributed by atoms with Gasteiger partial charge >= 0.3 is 0 Å². The molecule has 2 aliphatic heterocycles. The zero-order valence-corrected chi connectivity index (χ0v) is 14.2. The largest absolute Gasteiger partial charge is 0.346 e. The first-order chi connectivity index (χ1) is 12.7. The fourth-order valence-electron chi connectivity index (χ4n) is 3.95. The third kappa shape index (κ3) is 2.23. The van der Waals surface area contributed by atoms with Crippen LogP contribution in [0.1, 0.15) is 40.1 Å². The first-order valence-electron chi connectivity index (χ1n) is 8.76. The molecule has 5 rings (SSSR count). The lowest BCUT2D eigenvalue weighted by Crippen LogP contribution is -2.49. The molecule has 1 aromatic heterocycles. The van der Waals surface area contributed by atoms with Crippen LogP contribution in [0.15, 0.2) is 61.2 Å². The molecular weight excluding hydrogens is 326 g/mol. The van der Waals surface area contributed by atoms with Gasteiger partial charge in [0.2, 0.25) is 0 Å². The number of nitrogens with zero attached hydrogens (tertiary/aromatic N) is 3. The molecule has 3 aromatic rings. The van der Waals surface area contributed by atoms with Gasteiger partial charge in [-0.3, -0.25) is 4.79 Å². The summed E-state index contributed by atoms with van der Waals surface area (Å²) in [5.74, 6) is -0.0455. The van der Waals surface area contributed by atoms with Gasteiger partial charge in [-0.15, -0.1) is 0 Å². The minimum Gasteiger partial charge on any atom is -0.346 e. The van der Waals surface area contributed by atoms with Crippen molar-refractivity contribution in [1.82, 2.24) is 14.9 Å². The number of benzene rings is 2. The summed E-state index contributed by atoms with van der Waals surface area (Å²) < 4.78 is 1.95. The van der Waals surface area contributed by atoms with Gasteiger partial charge in [0.15, 0.2) is 0 Å². The van der Waals surface area contributed by atoms with Crippen molar-refractivity contribution in [2.24, 2.45) is 5.73 Å². The molecule has 2 aromatic carbocycles. The zero-order valence-electron chi connectivity index (χ0n) is 14.2. The van der Waals surface area contributed by atoms with Crippen LogP contribution in [0.25, 0.3) is 5.69 Å². The van der Waals surface area contributed by atoms with Crippen molar-refractivity contribution in [1.29, 1.82) is 0 Å². The number of imidazole rings is 1. The summed E-state index contributed by atoms with van der Waals surface area (Å²) in [6.07, 6.45) is 6.12. The van der Waals surface area contributed by atoms with E-state index in [1.165, 1.54) is 0 Å². The molecule has 26 heavy (non-hydrogen) atoms. The van der Waals surface area contributed by atoms with Crippen LogP contribution in [-0.2, 0) is 0 Å². The van der Waals surface area contributed by atoms with Gasteiger partial charge in [-0.25, -0.2) is 4.98 Å². The summed E-state index contributed by atoms with van der Waals surface area (Å²) in [5.41, 5.74) is 11.1. The molecule has 2 atom stereocenters. The van der Waals surface area contributed by atoms with Gasteiger partial charge in [-0.1, -0.05) is 24.3 Å². The molecule has 0 spiro atoms. The molecule has 0 saturated heterocycles. The summed E-state index contributed by atoms with van der Waals surface area (Å²) in [6.45, 7) is 0.819. The van der Waals surface area contributed by atoms with E-state index in [0.717, 1.165) is 35.5 Å². The minimum atomic E-state index is -0.180. The molecule has 0 fully saturated rings. The number of amides is 1. The summed E-state index contributed by atoms with van der Waals surface area (Å²) >= 11 is 0. The zero-order chi connectivity index (χ0) is 17.7. The molecule has 0 saturated carbocycles. The number of hydrogen-bond acceptors (Lipinski definition) is 4. The van der Waals surface area contributed by atoms with Crippen LogP contribution in [0.2, 0.25) is 0 Å². The Balaban J connectivity index is 1.55. The number of carbonyl (C=O) groups is 1. The fraction of sp³-hybridized carbons (Fsp3) is 0.200. The Bertz CT molecular complexity index is 964. The van der Waals surface area contributed by atoms with Crippen molar-refractivity contribution in [2.75, 3.05) is 11.4 Å². The van der Waals surface area contributed by atoms with Crippen molar-refractivity contribution in [3.8, 4) is 5.69 Å². The normalized spacial score (nSPS) is 21.3. The first-order valence-corrected chi connectivity index (χ1v) is 8.76. The molecule has 130 valence electrons. The molecular formula is C20H19N5O. The van der Waals surface area contributed by atoms with Crippen molar-refractivity contribution >= 4 is 11.6 Å². The SMILES string of the molecule is N[C@@H]1CCN2c3c(cccc31)C(=O)N[C@H]2c1ccc(-n2ccnc2)cc1. The summed E-state index contributed by atoms with van der Waals surface area (Å²) in [4.78, 5) is 19.0. The first kappa shape index (κ1) is 15.2. The topological polar surface area (TPSA) is 76.2 Å². The van der Waals surface area contributed by atoms with E-state index in [4.69, 9.17) is 5.73 Å². The fourth-order valence-corrected chi connectivity index (χ4v) is 3.95. The van der Waals surface area contributed by atoms with Crippen LogP contribution in [0.4, 0.5) is 5.69 Å². The molecule has 3 N–H and O–H groups in total. The smallest absolute Gasteiger partial charge is 0.255 e. The minimum absolute atomic E-state index is 0.0173. The van der Waals surface area contributed by atoms with Crippen LogP contribution in [0.5, 0.6) is 0 Å². The van der Waals surface area contributed by atoms with E-state index >= 15 is 0 Å². The number of anilines is 1. The molecule has 6 heteroatoms. The van der Waals surface area contributed by atoms with E-state index in [1.807, 2.05) is 41.1 Å². The van der Waals surface area contributed by atoms with Crippen molar-refractivity contribution in [3.05, 3.63) is 77.9 Å². The predicted octanol–water partition coefficient (Wildman–Crippen LogP) is 2.52. The number of rotatable bonds is 2. The highest BCUT2D eigenvalue weighted by Gasteiger charge is 2.37. The number of nitrogens with one attached hydrogen (secondary N) is 1. The van der Waals surface area contributed by atoms with Gasteiger partial charge in [0, 0.05) is 30.7 Å². The van der Waals surface area contributed by atoms with Gasteiger partial charge in [-0.05, 0) is 35.7 Å². The Morgan fingerprint density at radius 2 is 2.00 bits per heavy atom. The highest BCUT2D eigenvalue weighted by Crippen LogP contribution is 2.42. The highest BCUT2D eigenvalue weighted by atomic mass is 16.2. The van der Waals surface area contributed by atoms with Crippen LogP contribution in [-0.4, -0.2) is 22.0 Å². The predicted molar refractivity (Wildman–Crippen MR) is 99.1 cm³/mol. The third-order valence-corrected chi connectivity index (χ3v) is 5.27. The molecule has 0 aliphatic carbocycles. The maximum absolute atomic E-state index is 12.7. The van der Waals surface area contributed by atoms with Gasteiger partial charge < -0.3 is 20.5 Å². The number of hydrogen-bond donors (Lipinski definition) is 2. The van der Waals surface area contributed by atoms with Gasteiger partial charge in [-0.2, -0.15) is 0 Å². The van der Waals surface area contributed by atoms with Crippen LogP contribution < -0.4 is 16.0 Å². The molecule has 0 radical (unpaired) electrons. The third-order valence-electron chi connectivity index (χ3n) is 5.27. The van der Waals surface area contributed by atoms with Crippen LogP contribution >= 0.6 is 0 Å². The Morgan fingerprint density at radius 1 is 1.15 bits per heavy atom. The number of aromatic nitrogens is 2. The van der Waals surface area contributed by atoms with E-state index < -0.39 is 0 Å². The summed E-state index contributed by atoms with van der Waals surface area (Å²) in [7, 11) is 0. The lowest BCUT2D eigenvalue weighted by Gasteiger charge is -2.44. The number of nitrogens with two attached hydrogens (primary N) is 1.